The van der Waals surface area contributed by atoms with Gasteiger partial charge in [-0.1, -0.05) is 12.1 Å². The second kappa shape index (κ2) is 6.87. The lowest BCUT2D eigenvalue weighted by atomic mass is 10.1. The van der Waals surface area contributed by atoms with Crippen LogP contribution < -0.4 is 5.32 Å². The number of nitrogens with zero attached hydrogens (tertiary/aromatic N) is 6. The maximum absolute atomic E-state index is 4.78. The summed E-state index contributed by atoms with van der Waals surface area (Å²) in [6.45, 7) is 4.20. The van der Waals surface area contributed by atoms with Gasteiger partial charge in [0.15, 0.2) is 5.82 Å². The molecule has 1 N–H and O–H groups in total. The Labute approximate surface area is 151 Å². The molecule has 0 saturated carbocycles. The second-order valence-electron chi connectivity index (χ2n) is 6.20. The fraction of sp³-hybridized carbons (Fsp3) is 0.211. The van der Waals surface area contributed by atoms with Crippen LogP contribution in [0.15, 0.2) is 61.4 Å². The SMILES string of the molecule is C[C@H]([C@@H](C)Nc1nc(-c2ccncc2)nc2ccccc12)n1cncn1. The predicted molar refractivity (Wildman–Crippen MR) is 101 cm³/mol. The van der Waals surface area contributed by atoms with E-state index >= 15 is 0 Å². The molecule has 7 nitrogen and oxygen atoms in total. The standard InChI is InChI=1S/C19H19N7/c1-13(14(2)26-12-21-11-22-26)23-19-16-5-3-4-6-17(16)24-18(25-19)15-7-9-20-10-8-15/h3-14H,1-2H3,(H,23,24,25)/t13-,14-/m1/s1. The quantitative estimate of drug-likeness (QED) is 0.597. The zero-order valence-corrected chi connectivity index (χ0v) is 14.6. The second-order valence-corrected chi connectivity index (χ2v) is 6.20. The van der Waals surface area contributed by atoms with Crippen molar-refractivity contribution in [3.63, 3.8) is 0 Å². The summed E-state index contributed by atoms with van der Waals surface area (Å²) in [7, 11) is 0. The molecule has 0 saturated heterocycles. The molecule has 2 atom stereocenters. The molecule has 0 spiro atoms. The highest BCUT2D eigenvalue weighted by Gasteiger charge is 2.17. The van der Waals surface area contributed by atoms with Crippen LogP contribution in [0.2, 0.25) is 0 Å². The maximum atomic E-state index is 4.78. The molecular weight excluding hydrogens is 326 g/mol. The number of anilines is 1. The fourth-order valence-corrected chi connectivity index (χ4v) is 2.81. The van der Waals surface area contributed by atoms with Crippen LogP contribution in [-0.2, 0) is 0 Å². The van der Waals surface area contributed by atoms with Crippen molar-refractivity contribution in [2.24, 2.45) is 0 Å². The third-order valence-electron chi connectivity index (χ3n) is 4.48. The van der Waals surface area contributed by atoms with Gasteiger partial charge in [0.2, 0.25) is 0 Å². The monoisotopic (exact) mass is 345 g/mol. The number of hydrogen-bond donors (Lipinski definition) is 1. The summed E-state index contributed by atoms with van der Waals surface area (Å²) in [5.74, 6) is 1.48. The maximum Gasteiger partial charge on any atom is 0.162 e. The van der Waals surface area contributed by atoms with E-state index in [-0.39, 0.29) is 12.1 Å². The van der Waals surface area contributed by atoms with Crippen LogP contribution in [0.25, 0.3) is 22.3 Å². The molecule has 0 fully saturated rings. The molecule has 0 aliphatic heterocycles. The Kier molecular flexibility index (Phi) is 4.27. The van der Waals surface area contributed by atoms with Crippen LogP contribution in [0.5, 0.6) is 0 Å². The Morgan fingerprint density at radius 2 is 1.77 bits per heavy atom. The average molecular weight is 345 g/mol. The normalized spacial score (nSPS) is 13.5. The molecule has 0 aliphatic rings. The van der Waals surface area contributed by atoms with Gasteiger partial charge < -0.3 is 5.32 Å². The van der Waals surface area contributed by atoms with E-state index in [0.29, 0.717) is 5.82 Å². The Bertz CT molecular complexity index is 999. The van der Waals surface area contributed by atoms with Crippen molar-refractivity contribution in [1.82, 2.24) is 29.7 Å². The van der Waals surface area contributed by atoms with Gasteiger partial charge in [-0.05, 0) is 38.1 Å². The smallest absolute Gasteiger partial charge is 0.162 e. The fourth-order valence-electron chi connectivity index (χ4n) is 2.81. The number of rotatable bonds is 5. The number of fused-ring (bicyclic) bond motifs is 1. The number of benzene rings is 1. The van der Waals surface area contributed by atoms with Crippen molar-refractivity contribution in [1.29, 1.82) is 0 Å². The van der Waals surface area contributed by atoms with Crippen molar-refractivity contribution < 1.29 is 0 Å². The molecule has 0 unspecified atom stereocenters. The van der Waals surface area contributed by atoms with Gasteiger partial charge in [0.1, 0.15) is 18.5 Å². The lowest BCUT2D eigenvalue weighted by Gasteiger charge is -2.22. The number of pyridine rings is 1. The van der Waals surface area contributed by atoms with Crippen LogP contribution in [0.4, 0.5) is 5.82 Å². The van der Waals surface area contributed by atoms with E-state index in [1.807, 2.05) is 41.1 Å². The lowest BCUT2D eigenvalue weighted by molar-refractivity contribution is 0.442. The molecule has 4 rings (SSSR count). The summed E-state index contributed by atoms with van der Waals surface area (Å²) in [4.78, 5) is 17.6. The van der Waals surface area contributed by atoms with E-state index in [1.54, 1.807) is 25.0 Å². The predicted octanol–water partition coefficient (Wildman–Crippen LogP) is 3.34. The van der Waals surface area contributed by atoms with Crippen LogP contribution in [0, 0.1) is 0 Å². The van der Waals surface area contributed by atoms with Gasteiger partial charge in [0, 0.05) is 29.4 Å². The largest absolute Gasteiger partial charge is 0.365 e. The van der Waals surface area contributed by atoms with Crippen molar-refractivity contribution in [2.45, 2.75) is 25.9 Å². The minimum absolute atomic E-state index is 0.0975. The third kappa shape index (κ3) is 3.11. The molecule has 1 aromatic carbocycles. The van der Waals surface area contributed by atoms with Gasteiger partial charge in [0.25, 0.3) is 0 Å². The van der Waals surface area contributed by atoms with Crippen molar-refractivity contribution in [2.75, 3.05) is 5.32 Å². The minimum Gasteiger partial charge on any atom is -0.365 e. The van der Waals surface area contributed by atoms with Crippen molar-refractivity contribution in [3.05, 3.63) is 61.4 Å². The summed E-state index contributed by atoms with van der Waals surface area (Å²) >= 11 is 0. The summed E-state index contributed by atoms with van der Waals surface area (Å²) < 4.78 is 1.84. The topological polar surface area (TPSA) is 81.4 Å². The summed E-state index contributed by atoms with van der Waals surface area (Å²) in [6.07, 6.45) is 6.76. The van der Waals surface area contributed by atoms with Crippen molar-refractivity contribution in [3.8, 4) is 11.4 Å². The van der Waals surface area contributed by atoms with Gasteiger partial charge in [0.05, 0.1) is 11.6 Å². The lowest BCUT2D eigenvalue weighted by Crippen LogP contribution is -2.27. The zero-order valence-electron chi connectivity index (χ0n) is 14.6. The Morgan fingerprint density at radius 1 is 0.962 bits per heavy atom. The van der Waals surface area contributed by atoms with E-state index in [0.717, 1.165) is 22.3 Å². The first kappa shape index (κ1) is 16.1. The molecule has 7 heteroatoms. The number of para-hydroxylation sites is 1. The molecule has 0 amide bonds. The molecule has 130 valence electrons. The first-order chi connectivity index (χ1) is 12.7. The van der Waals surface area contributed by atoms with Crippen molar-refractivity contribution >= 4 is 16.7 Å². The van der Waals surface area contributed by atoms with Crippen LogP contribution in [0.1, 0.15) is 19.9 Å². The van der Waals surface area contributed by atoms with E-state index in [1.165, 1.54) is 0 Å². The third-order valence-corrected chi connectivity index (χ3v) is 4.48. The highest BCUT2D eigenvalue weighted by atomic mass is 15.3. The molecule has 3 aromatic heterocycles. The van der Waals surface area contributed by atoms with E-state index in [2.05, 4.69) is 34.2 Å². The molecule has 0 bridgehead atoms. The van der Waals surface area contributed by atoms with Gasteiger partial charge in [-0.25, -0.2) is 19.6 Å². The van der Waals surface area contributed by atoms with Gasteiger partial charge >= 0.3 is 0 Å². The average Bonchev–Trinajstić information content (AvgIpc) is 3.22. The van der Waals surface area contributed by atoms with E-state index < -0.39 is 0 Å². The highest BCUT2D eigenvalue weighted by molar-refractivity contribution is 5.90. The Hall–Kier alpha value is -3.35. The highest BCUT2D eigenvalue weighted by Crippen LogP contribution is 2.26. The number of nitrogens with one attached hydrogen (secondary N) is 1. The van der Waals surface area contributed by atoms with Crippen LogP contribution in [-0.4, -0.2) is 35.8 Å². The Balaban J connectivity index is 1.73. The molecule has 4 aromatic rings. The minimum atomic E-state index is 0.0975. The number of aromatic nitrogens is 6. The molecule has 0 radical (unpaired) electrons. The molecule has 3 heterocycles. The van der Waals surface area contributed by atoms with E-state index in [9.17, 15) is 0 Å². The zero-order chi connectivity index (χ0) is 17.9. The van der Waals surface area contributed by atoms with Crippen LogP contribution in [0.3, 0.4) is 0 Å². The van der Waals surface area contributed by atoms with Gasteiger partial charge in [-0.3, -0.25) is 4.98 Å². The summed E-state index contributed by atoms with van der Waals surface area (Å²) in [6, 6.07) is 12.0. The molecule has 0 aliphatic carbocycles. The van der Waals surface area contributed by atoms with Crippen LogP contribution >= 0.6 is 0 Å². The first-order valence-electron chi connectivity index (χ1n) is 8.50. The molecule has 26 heavy (non-hydrogen) atoms. The van der Waals surface area contributed by atoms with Gasteiger partial charge in [-0.2, -0.15) is 5.10 Å². The Morgan fingerprint density at radius 3 is 2.54 bits per heavy atom. The molecular formula is C19H19N7. The summed E-state index contributed by atoms with van der Waals surface area (Å²) in [5.41, 5.74) is 1.84. The van der Waals surface area contributed by atoms with E-state index in [4.69, 9.17) is 9.97 Å². The summed E-state index contributed by atoms with van der Waals surface area (Å²) in [5, 5.41) is 8.75. The van der Waals surface area contributed by atoms with Gasteiger partial charge in [-0.15, -0.1) is 0 Å². The first-order valence-corrected chi connectivity index (χ1v) is 8.50. The number of hydrogen-bond acceptors (Lipinski definition) is 6.